The Morgan fingerprint density at radius 3 is 2.31 bits per heavy atom. The second-order valence-electron chi connectivity index (χ2n) is 6.41. The Morgan fingerprint density at radius 2 is 1.73 bits per heavy atom. The summed E-state index contributed by atoms with van der Waals surface area (Å²) < 4.78 is 10.4. The summed E-state index contributed by atoms with van der Waals surface area (Å²) in [6.45, 7) is 2.63. The monoisotopic (exact) mass is 362 g/mol. The molecule has 142 valence electrons. The van der Waals surface area contributed by atoms with E-state index in [1.807, 2.05) is 0 Å². The molecule has 1 aliphatic rings. The normalized spacial score (nSPS) is 14.7. The van der Waals surface area contributed by atoms with Gasteiger partial charge in [0.15, 0.2) is 11.5 Å². The van der Waals surface area contributed by atoms with E-state index in [-0.39, 0.29) is 36.5 Å². The second-order valence-corrected chi connectivity index (χ2v) is 6.41. The van der Waals surface area contributed by atoms with Crippen LogP contribution in [0.1, 0.15) is 43.0 Å². The molecule has 1 aliphatic heterocycles. The molecule has 1 aromatic carbocycles. The molecule has 0 unspecified atom stereocenters. The maximum Gasteiger partial charge on any atom is 0.253 e. The lowest BCUT2D eigenvalue weighted by atomic mass is 10.0. The fourth-order valence-electron chi connectivity index (χ4n) is 2.97. The van der Waals surface area contributed by atoms with Gasteiger partial charge in [0.25, 0.3) is 5.91 Å². The Morgan fingerprint density at radius 1 is 1.08 bits per heavy atom. The number of ether oxygens (including phenoxy) is 2. The number of Topliss-reactive ketones (excluding diaryl/α,β-unsaturated/α-hetero) is 1. The molecule has 0 aliphatic carbocycles. The average molecular weight is 362 g/mol. The molecule has 2 rings (SSSR count). The first kappa shape index (κ1) is 19.8. The van der Waals surface area contributed by atoms with Crippen LogP contribution >= 0.6 is 0 Å². The van der Waals surface area contributed by atoms with E-state index in [1.54, 1.807) is 30.2 Å². The Labute approximate surface area is 153 Å². The van der Waals surface area contributed by atoms with Crippen LogP contribution in [0.25, 0.3) is 0 Å². The number of piperidine rings is 1. The molecule has 26 heavy (non-hydrogen) atoms. The lowest BCUT2D eigenvalue weighted by Gasteiger charge is -2.32. The SMILES string of the molecule is COc1ccc(C(=O)N2CCC(NC(=O)CCC(C)=O)CC2)cc1OC. The molecule has 1 fully saturated rings. The van der Waals surface area contributed by atoms with Crippen molar-refractivity contribution in [3.8, 4) is 11.5 Å². The Hall–Kier alpha value is -2.57. The van der Waals surface area contributed by atoms with Gasteiger partial charge in [-0.25, -0.2) is 0 Å². The van der Waals surface area contributed by atoms with E-state index in [1.165, 1.54) is 14.0 Å². The number of benzene rings is 1. The van der Waals surface area contributed by atoms with Gasteiger partial charge in [0.1, 0.15) is 5.78 Å². The van der Waals surface area contributed by atoms with Gasteiger partial charge in [0.2, 0.25) is 5.91 Å². The van der Waals surface area contributed by atoms with Crippen LogP contribution < -0.4 is 14.8 Å². The number of ketones is 1. The van der Waals surface area contributed by atoms with E-state index >= 15 is 0 Å². The van der Waals surface area contributed by atoms with Gasteiger partial charge in [-0.1, -0.05) is 0 Å². The molecular weight excluding hydrogens is 336 g/mol. The minimum absolute atomic E-state index is 0.00971. The summed E-state index contributed by atoms with van der Waals surface area (Å²) in [6, 6.07) is 5.16. The van der Waals surface area contributed by atoms with Crippen LogP contribution in [0.15, 0.2) is 18.2 Å². The molecule has 7 heteroatoms. The van der Waals surface area contributed by atoms with Gasteiger partial charge in [-0.05, 0) is 38.0 Å². The Balaban J connectivity index is 1.88. The standard InChI is InChI=1S/C19H26N2O5/c1-13(22)4-7-18(23)20-15-8-10-21(11-9-15)19(24)14-5-6-16(25-2)17(12-14)26-3/h5-6,12,15H,4,7-11H2,1-3H3,(H,20,23). The third kappa shape index (κ3) is 5.21. The summed E-state index contributed by atoms with van der Waals surface area (Å²) in [5.41, 5.74) is 0.548. The van der Waals surface area contributed by atoms with Crippen LogP contribution in [-0.2, 0) is 9.59 Å². The summed E-state index contributed by atoms with van der Waals surface area (Å²) in [7, 11) is 3.08. The Bertz CT molecular complexity index is 666. The molecular formula is C19H26N2O5. The largest absolute Gasteiger partial charge is 0.493 e. The van der Waals surface area contributed by atoms with Gasteiger partial charge in [0.05, 0.1) is 14.2 Å². The van der Waals surface area contributed by atoms with Gasteiger partial charge in [-0.2, -0.15) is 0 Å². The van der Waals surface area contributed by atoms with E-state index in [0.717, 1.165) is 0 Å². The van der Waals surface area contributed by atoms with Gasteiger partial charge in [-0.15, -0.1) is 0 Å². The van der Waals surface area contributed by atoms with Crippen molar-refractivity contribution in [2.24, 2.45) is 0 Å². The lowest BCUT2D eigenvalue weighted by Crippen LogP contribution is -2.46. The van der Waals surface area contributed by atoms with Crippen LogP contribution in [0, 0.1) is 0 Å². The lowest BCUT2D eigenvalue weighted by molar-refractivity contribution is -0.125. The summed E-state index contributed by atoms with van der Waals surface area (Å²) in [5.74, 6) is 0.940. The first-order chi connectivity index (χ1) is 12.4. The molecule has 7 nitrogen and oxygen atoms in total. The van der Waals surface area contributed by atoms with Gasteiger partial charge >= 0.3 is 0 Å². The quantitative estimate of drug-likeness (QED) is 0.799. The highest BCUT2D eigenvalue weighted by atomic mass is 16.5. The van der Waals surface area contributed by atoms with E-state index in [2.05, 4.69) is 5.32 Å². The maximum absolute atomic E-state index is 12.7. The van der Waals surface area contributed by atoms with Gasteiger partial charge < -0.3 is 24.5 Å². The zero-order valence-corrected chi connectivity index (χ0v) is 15.5. The van der Waals surface area contributed by atoms with Crippen LogP contribution in [0.5, 0.6) is 11.5 Å². The highest BCUT2D eigenvalue weighted by molar-refractivity contribution is 5.95. The number of hydrogen-bond donors (Lipinski definition) is 1. The maximum atomic E-state index is 12.7. The fourth-order valence-corrected chi connectivity index (χ4v) is 2.97. The number of rotatable bonds is 7. The zero-order chi connectivity index (χ0) is 19.1. The van der Waals surface area contributed by atoms with Crippen molar-refractivity contribution in [2.75, 3.05) is 27.3 Å². The molecule has 2 amide bonds. The van der Waals surface area contributed by atoms with E-state index in [0.29, 0.717) is 43.0 Å². The average Bonchev–Trinajstić information content (AvgIpc) is 2.65. The number of carbonyl (C=O) groups is 3. The third-order valence-corrected chi connectivity index (χ3v) is 4.48. The van der Waals surface area contributed by atoms with Crippen molar-refractivity contribution in [2.45, 2.75) is 38.6 Å². The second kappa shape index (κ2) is 9.22. The summed E-state index contributed by atoms with van der Waals surface area (Å²) in [5, 5.41) is 2.94. The number of carbonyl (C=O) groups excluding carboxylic acids is 3. The highest BCUT2D eigenvalue weighted by Gasteiger charge is 2.25. The summed E-state index contributed by atoms with van der Waals surface area (Å²) in [6.07, 6.45) is 1.89. The van der Waals surface area contributed by atoms with Crippen molar-refractivity contribution < 1.29 is 23.9 Å². The van der Waals surface area contributed by atoms with E-state index < -0.39 is 0 Å². The number of nitrogens with zero attached hydrogens (tertiary/aromatic N) is 1. The molecule has 0 atom stereocenters. The molecule has 0 radical (unpaired) electrons. The molecule has 0 spiro atoms. The first-order valence-corrected chi connectivity index (χ1v) is 8.74. The fraction of sp³-hybridized carbons (Fsp3) is 0.526. The molecule has 1 heterocycles. The predicted molar refractivity (Wildman–Crippen MR) is 96.5 cm³/mol. The summed E-state index contributed by atoms with van der Waals surface area (Å²) in [4.78, 5) is 37.2. The van der Waals surface area contributed by atoms with Crippen molar-refractivity contribution in [1.82, 2.24) is 10.2 Å². The minimum atomic E-state index is -0.107. The highest BCUT2D eigenvalue weighted by Crippen LogP contribution is 2.28. The number of methoxy groups -OCH3 is 2. The topological polar surface area (TPSA) is 84.9 Å². The number of nitrogens with one attached hydrogen (secondary N) is 1. The van der Waals surface area contributed by atoms with Crippen LogP contribution in [0.4, 0.5) is 0 Å². The third-order valence-electron chi connectivity index (χ3n) is 4.48. The molecule has 0 aromatic heterocycles. The molecule has 0 saturated carbocycles. The van der Waals surface area contributed by atoms with Gasteiger partial charge in [0, 0.05) is 37.5 Å². The van der Waals surface area contributed by atoms with Crippen molar-refractivity contribution in [3.63, 3.8) is 0 Å². The molecule has 1 N–H and O–H groups in total. The van der Waals surface area contributed by atoms with Gasteiger partial charge in [-0.3, -0.25) is 9.59 Å². The number of amides is 2. The number of likely N-dealkylation sites (tertiary alicyclic amines) is 1. The van der Waals surface area contributed by atoms with Crippen LogP contribution in [-0.4, -0.2) is 55.8 Å². The molecule has 0 bridgehead atoms. The smallest absolute Gasteiger partial charge is 0.253 e. The van der Waals surface area contributed by atoms with Crippen molar-refractivity contribution in [3.05, 3.63) is 23.8 Å². The van der Waals surface area contributed by atoms with Crippen molar-refractivity contribution in [1.29, 1.82) is 0 Å². The number of hydrogen-bond acceptors (Lipinski definition) is 5. The zero-order valence-electron chi connectivity index (χ0n) is 15.5. The molecule has 1 saturated heterocycles. The Kier molecular flexibility index (Phi) is 7.00. The van der Waals surface area contributed by atoms with E-state index in [4.69, 9.17) is 9.47 Å². The van der Waals surface area contributed by atoms with Crippen LogP contribution in [0.2, 0.25) is 0 Å². The van der Waals surface area contributed by atoms with Crippen LogP contribution in [0.3, 0.4) is 0 Å². The predicted octanol–water partition coefficient (Wildman–Crippen LogP) is 1.79. The first-order valence-electron chi connectivity index (χ1n) is 8.74. The molecule has 1 aromatic rings. The van der Waals surface area contributed by atoms with E-state index in [9.17, 15) is 14.4 Å². The summed E-state index contributed by atoms with van der Waals surface area (Å²) >= 11 is 0. The minimum Gasteiger partial charge on any atom is -0.493 e. The van der Waals surface area contributed by atoms with Crippen molar-refractivity contribution >= 4 is 17.6 Å².